The fourth-order valence-electron chi connectivity index (χ4n) is 3.76. The molecule has 2 aromatic carbocycles. The summed E-state index contributed by atoms with van der Waals surface area (Å²) in [5.41, 5.74) is 2.48. The van der Waals surface area contributed by atoms with Gasteiger partial charge < -0.3 is 9.47 Å². The fraction of sp³-hybridized carbons (Fsp3) is 0.364. The molecular formula is C22H24FN3O3. The molecule has 152 valence electrons. The summed E-state index contributed by atoms with van der Waals surface area (Å²) in [4.78, 5) is 15.2. The van der Waals surface area contributed by atoms with Gasteiger partial charge in [0.15, 0.2) is 0 Å². The third-order valence-corrected chi connectivity index (χ3v) is 5.30. The summed E-state index contributed by atoms with van der Waals surface area (Å²) < 4.78 is 24.2. The number of amides is 1. The third-order valence-electron chi connectivity index (χ3n) is 5.30. The number of nitrogens with zero attached hydrogens (tertiary/aromatic N) is 3. The van der Waals surface area contributed by atoms with Crippen molar-refractivity contribution in [3.8, 4) is 5.75 Å². The highest BCUT2D eigenvalue weighted by molar-refractivity contribution is 6.03. The van der Waals surface area contributed by atoms with Gasteiger partial charge in [-0.3, -0.25) is 9.69 Å². The van der Waals surface area contributed by atoms with Gasteiger partial charge in [0.1, 0.15) is 11.6 Å². The molecule has 29 heavy (non-hydrogen) atoms. The van der Waals surface area contributed by atoms with Crippen molar-refractivity contribution in [2.45, 2.75) is 12.5 Å². The summed E-state index contributed by atoms with van der Waals surface area (Å²) >= 11 is 0. The maximum Gasteiger partial charge on any atom is 0.257 e. The van der Waals surface area contributed by atoms with Crippen molar-refractivity contribution in [1.29, 1.82) is 0 Å². The van der Waals surface area contributed by atoms with Gasteiger partial charge in [0.2, 0.25) is 0 Å². The minimum absolute atomic E-state index is 0.0695. The van der Waals surface area contributed by atoms with Crippen molar-refractivity contribution in [3.05, 3.63) is 65.5 Å². The van der Waals surface area contributed by atoms with E-state index in [1.165, 1.54) is 12.1 Å². The number of carbonyl (C=O) groups excluding carboxylic acids is 1. The van der Waals surface area contributed by atoms with E-state index < -0.39 is 0 Å². The first-order valence-corrected chi connectivity index (χ1v) is 9.74. The van der Waals surface area contributed by atoms with Gasteiger partial charge in [-0.2, -0.15) is 5.10 Å². The molecular weight excluding hydrogens is 373 g/mol. The van der Waals surface area contributed by atoms with Crippen molar-refractivity contribution in [3.63, 3.8) is 0 Å². The molecule has 1 unspecified atom stereocenters. The van der Waals surface area contributed by atoms with Crippen molar-refractivity contribution >= 4 is 11.6 Å². The molecule has 2 heterocycles. The Bertz CT molecular complexity index is 894. The zero-order chi connectivity index (χ0) is 20.2. The van der Waals surface area contributed by atoms with Gasteiger partial charge in [-0.15, -0.1) is 0 Å². The molecule has 0 radical (unpaired) electrons. The van der Waals surface area contributed by atoms with E-state index in [0.717, 1.165) is 35.7 Å². The summed E-state index contributed by atoms with van der Waals surface area (Å²) in [5.74, 6) is 0.353. The summed E-state index contributed by atoms with van der Waals surface area (Å²) in [6, 6.07) is 13.6. The number of hydrazone groups is 1. The Hall–Kier alpha value is -2.77. The summed E-state index contributed by atoms with van der Waals surface area (Å²) in [6.07, 6.45) is 0.543. The average molecular weight is 397 g/mol. The Kier molecular flexibility index (Phi) is 5.87. The topological polar surface area (TPSA) is 54.4 Å². The molecule has 1 saturated heterocycles. The van der Waals surface area contributed by atoms with E-state index in [1.54, 1.807) is 24.3 Å². The van der Waals surface area contributed by atoms with E-state index in [9.17, 15) is 9.18 Å². The Labute approximate surface area is 169 Å². The Morgan fingerprint density at radius 3 is 2.62 bits per heavy atom. The predicted octanol–water partition coefficient (Wildman–Crippen LogP) is 2.84. The zero-order valence-corrected chi connectivity index (χ0v) is 16.4. The molecule has 0 bridgehead atoms. The molecule has 2 aliphatic rings. The fourth-order valence-corrected chi connectivity index (χ4v) is 3.76. The number of morpholine rings is 1. The molecule has 0 saturated carbocycles. The lowest BCUT2D eigenvalue weighted by Gasteiger charge is -2.29. The van der Waals surface area contributed by atoms with E-state index in [4.69, 9.17) is 9.47 Å². The number of methoxy groups -OCH3 is 1. The van der Waals surface area contributed by atoms with Crippen LogP contribution >= 0.6 is 0 Å². The number of carbonyl (C=O) groups is 1. The van der Waals surface area contributed by atoms with Crippen LogP contribution in [0, 0.1) is 5.82 Å². The highest BCUT2D eigenvalue weighted by Gasteiger charge is 2.35. The van der Waals surface area contributed by atoms with Crippen LogP contribution in [0.3, 0.4) is 0 Å². The number of halogens is 1. The van der Waals surface area contributed by atoms with Gasteiger partial charge in [-0.05, 0) is 23.8 Å². The van der Waals surface area contributed by atoms with Crippen molar-refractivity contribution in [2.24, 2.45) is 5.10 Å². The molecule has 0 aliphatic carbocycles. The molecule has 7 heteroatoms. The predicted molar refractivity (Wildman–Crippen MR) is 107 cm³/mol. The van der Waals surface area contributed by atoms with Crippen molar-refractivity contribution in [2.75, 3.05) is 40.0 Å². The highest BCUT2D eigenvalue weighted by Crippen LogP contribution is 2.37. The second-order valence-corrected chi connectivity index (χ2v) is 7.14. The highest BCUT2D eigenvalue weighted by atomic mass is 19.1. The Morgan fingerprint density at radius 2 is 1.90 bits per heavy atom. The number of ether oxygens (including phenoxy) is 2. The molecule has 4 rings (SSSR count). The van der Waals surface area contributed by atoms with E-state index in [1.807, 2.05) is 24.3 Å². The maximum atomic E-state index is 13.3. The lowest BCUT2D eigenvalue weighted by Crippen LogP contribution is -2.43. The van der Waals surface area contributed by atoms with E-state index >= 15 is 0 Å². The van der Waals surface area contributed by atoms with Crippen LogP contribution in [-0.2, 0) is 9.53 Å². The second-order valence-electron chi connectivity index (χ2n) is 7.14. The van der Waals surface area contributed by atoms with Crippen LogP contribution in [0.15, 0.2) is 53.6 Å². The molecule has 2 aromatic rings. The van der Waals surface area contributed by atoms with Crippen LogP contribution in [0.1, 0.15) is 23.6 Å². The number of rotatable bonds is 5. The molecule has 0 aromatic heterocycles. The SMILES string of the molecule is COc1ccccc1C1CC(c2ccc(F)cc2)=NN1C(=O)CN1CCOCC1. The normalized spacial score (nSPS) is 19.9. The van der Waals surface area contributed by atoms with Gasteiger partial charge in [-0.25, -0.2) is 9.40 Å². The van der Waals surface area contributed by atoms with E-state index in [2.05, 4.69) is 10.0 Å². The molecule has 1 amide bonds. The van der Waals surface area contributed by atoms with Crippen LogP contribution in [-0.4, -0.2) is 61.5 Å². The summed E-state index contributed by atoms with van der Waals surface area (Å²) in [7, 11) is 1.62. The first-order valence-electron chi connectivity index (χ1n) is 9.74. The van der Waals surface area contributed by atoms with Gasteiger partial charge in [0, 0.05) is 25.1 Å². The molecule has 1 fully saturated rings. The first kappa shape index (κ1) is 19.5. The Morgan fingerprint density at radius 1 is 1.17 bits per heavy atom. The zero-order valence-electron chi connectivity index (χ0n) is 16.4. The minimum Gasteiger partial charge on any atom is -0.496 e. The van der Waals surface area contributed by atoms with E-state index in [-0.39, 0.29) is 24.3 Å². The van der Waals surface area contributed by atoms with E-state index in [0.29, 0.717) is 19.6 Å². The number of hydrogen-bond acceptors (Lipinski definition) is 5. The lowest BCUT2D eigenvalue weighted by atomic mass is 9.97. The number of benzene rings is 2. The minimum atomic E-state index is -0.297. The quantitative estimate of drug-likeness (QED) is 0.779. The third kappa shape index (κ3) is 4.31. The second kappa shape index (κ2) is 8.71. The average Bonchev–Trinajstić information content (AvgIpc) is 3.20. The lowest BCUT2D eigenvalue weighted by molar-refractivity contribution is -0.135. The maximum absolute atomic E-state index is 13.3. The molecule has 6 nitrogen and oxygen atoms in total. The number of para-hydroxylation sites is 1. The smallest absolute Gasteiger partial charge is 0.257 e. The Balaban J connectivity index is 1.63. The van der Waals surface area contributed by atoms with Gasteiger partial charge in [0.05, 0.1) is 38.6 Å². The summed E-state index contributed by atoms with van der Waals surface area (Å²) in [5, 5.41) is 6.21. The van der Waals surface area contributed by atoms with Gasteiger partial charge >= 0.3 is 0 Å². The van der Waals surface area contributed by atoms with Crippen molar-refractivity contribution in [1.82, 2.24) is 9.91 Å². The first-order chi connectivity index (χ1) is 14.2. The molecule has 1 atom stereocenters. The monoisotopic (exact) mass is 397 g/mol. The van der Waals surface area contributed by atoms with Crippen LogP contribution < -0.4 is 4.74 Å². The standard InChI is InChI=1S/C22H24FN3O3/c1-28-21-5-3-2-4-18(21)20-14-19(16-6-8-17(23)9-7-16)24-26(20)22(27)15-25-10-12-29-13-11-25/h2-9,20H,10-15H2,1H3. The molecule has 2 aliphatic heterocycles. The molecule has 0 spiro atoms. The largest absolute Gasteiger partial charge is 0.496 e. The van der Waals surface area contributed by atoms with Crippen LogP contribution in [0.2, 0.25) is 0 Å². The van der Waals surface area contributed by atoms with Crippen LogP contribution in [0.4, 0.5) is 4.39 Å². The number of hydrogen-bond donors (Lipinski definition) is 0. The van der Waals surface area contributed by atoms with Crippen LogP contribution in [0.5, 0.6) is 5.75 Å². The van der Waals surface area contributed by atoms with Gasteiger partial charge in [0.25, 0.3) is 5.91 Å². The van der Waals surface area contributed by atoms with Gasteiger partial charge in [-0.1, -0.05) is 30.3 Å². The van der Waals surface area contributed by atoms with Crippen LogP contribution in [0.25, 0.3) is 0 Å². The summed E-state index contributed by atoms with van der Waals surface area (Å²) in [6.45, 7) is 3.01. The molecule has 0 N–H and O–H groups in total. The van der Waals surface area contributed by atoms with Crippen molar-refractivity contribution < 1.29 is 18.7 Å².